The van der Waals surface area contributed by atoms with Gasteiger partial charge in [0.05, 0.1) is 25.7 Å². The molecule has 2 fully saturated rings. The van der Waals surface area contributed by atoms with Gasteiger partial charge in [-0.3, -0.25) is 14.6 Å². The van der Waals surface area contributed by atoms with Gasteiger partial charge in [-0.1, -0.05) is 12.1 Å². The van der Waals surface area contributed by atoms with Gasteiger partial charge in [-0.05, 0) is 31.5 Å². The lowest BCUT2D eigenvalue weighted by molar-refractivity contribution is -0.143. The maximum Gasteiger partial charge on any atom is 0.308 e. The molecule has 3 aliphatic rings. The van der Waals surface area contributed by atoms with Gasteiger partial charge in [0.1, 0.15) is 5.75 Å². The fraction of sp³-hybridized carbons (Fsp3) is 0.611. The van der Waals surface area contributed by atoms with Crippen molar-refractivity contribution in [3.63, 3.8) is 0 Å². The monoisotopic (exact) mass is 332 g/mol. The molecule has 0 saturated carbocycles. The lowest BCUT2D eigenvalue weighted by Crippen LogP contribution is -2.63. The van der Waals surface area contributed by atoms with E-state index in [0.717, 1.165) is 29.8 Å². The van der Waals surface area contributed by atoms with Crippen molar-refractivity contribution in [1.82, 2.24) is 9.80 Å². The molecule has 24 heavy (non-hydrogen) atoms. The van der Waals surface area contributed by atoms with Crippen LogP contribution in [0.3, 0.4) is 0 Å². The summed E-state index contributed by atoms with van der Waals surface area (Å²) in [6.45, 7) is 0.814. The molecule has 2 N–H and O–H groups in total. The van der Waals surface area contributed by atoms with Crippen LogP contribution in [0.1, 0.15) is 23.6 Å². The summed E-state index contributed by atoms with van der Waals surface area (Å²) in [6.07, 6.45) is 1.49. The van der Waals surface area contributed by atoms with Crippen molar-refractivity contribution in [2.75, 3.05) is 27.3 Å². The SMILES string of the molecule is COc1cccc2c1C(CO)N1CC3CC(C(=O)O)C(C1C2)N3C. The van der Waals surface area contributed by atoms with Crippen LogP contribution in [0.2, 0.25) is 0 Å². The van der Waals surface area contributed by atoms with Crippen LogP contribution in [-0.4, -0.2) is 71.4 Å². The van der Waals surface area contributed by atoms with Crippen molar-refractivity contribution < 1.29 is 19.7 Å². The van der Waals surface area contributed by atoms with Gasteiger partial charge in [0, 0.05) is 30.2 Å². The Morgan fingerprint density at radius 3 is 2.88 bits per heavy atom. The second kappa shape index (κ2) is 5.72. The van der Waals surface area contributed by atoms with Crippen LogP contribution in [0.25, 0.3) is 0 Å². The summed E-state index contributed by atoms with van der Waals surface area (Å²) in [7, 11) is 3.70. The number of carboxylic acid groups (broad SMARTS) is 1. The van der Waals surface area contributed by atoms with Gasteiger partial charge in [0.15, 0.2) is 0 Å². The molecule has 1 aromatic rings. The highest BCUT2D eigenvalue weighted by Crippen LogP contribution is 2.47. The largest absolute Gasteiger partial charge is 0.496 e. The summed E-state index contributed by atoms with van der Waals surface area (Å²) in [5, 5.41) is 19.8. The summed E-state index contributed by atoms with van der Waals surface area (Å²) < 4.78 is 5.53. The van der Waals surface area contributed by atoms with E-state index in [4.69, 9.17) is 4.74 Å². The highest BCUT2D eigenvalue weighted by molar-refractivity contribution is 5.72. The number of ether oxygens (including phenoxy) is 1. The van der Waals surface area contributed by atoms with Gasteiger partial charge < -0.3 is 14.9 Å². The van der Waals surface area contributed by atoms with Crippen LogP contribution in [0.5, 0.6) is 5.75 Å². The summed E-state index contributed by atoms with van der Waals surface area (Å²) in [4.78, 5) is 16.3. The smallest absolute Gasteiger partial charge is 0.308 e. The third-order valence-electron chi connectivity index (χ3n) is 6.26. The first-order valence-electron chi connectivity index (χ1n) is 8.54. The number of aliphatic hydroxyl groups is 1. The predicted octanol–water partition coefficient (Wildman–Crippen LogP) is 0.742. The molecule has 1 aromatic carbocycles. The first-order chi connectivity index (χ1) is 11.6. The first-order valence-corrected chi connectivity index (χ1v) is 8.54. The molecule has 2 saturated heterocycles. The van der Waals surface area contributed by atoms with E-state index in [1.807, 2.05) is 19.2 Å². The van der Waals surface area contributed by atoms with Gasteiger partial charge in [-0.2, -0.15) is 0 Å². The summed E-state index contributed by atoms with van der Waals surface area (Å²) in [5.41, 5.74) is 2.23. The molecule has 3 heterocycles. The minimum absolute atomic E-state index is 0.00495. The van der Waals surface area contributed by atoms with E-state index >= 15 is 0 Å². The fourth-order valence-electron chi connectivity index (χ4n) is 5.20. The lowest BCUT2D eigenvalue weighted by atomic mass is 9.81. The summed E-state index contributed by atoms with van der Waals surface area (Å²) >= 11 is 0. The number of methoxy groups -OCH3 is 1. The zero-order chi connectivity index (χ0) is 17.0. The number of hydrogen-bond donors (Lipinski definition) is 2. The second-order valence-electron chi connectivity index (χ2n) is 7.19. The van der Waals surface area contributed by atoms with Crippen LogP contribution in [0.4, 0.5) is 0 Å². The maximum absolute atomic E-state index is 11.7. The molecule has 0 aromatic heterocycles. The number of likely N-dealkylation sites (N-methyl/N-ethyl adjacent to an activating group) is 1. The number of rotatable bonds is 3. The van der Waals surface area contributed by atoms with Crippen molar-refractivity contribution in [1.29, 1.82) is 0 Å². The quantitative estimate of drug-likeness (QED) is 0.851. The van der Waals surface area contributed by atoms with Crippen LogP contribution in [0.15, 0.2) is 18.2 Å². The van der Waals surface area contributed by atoms with Gasteiger partial charge in [0.25, 0.3) is 0 Å². The molecule has 5 unspecified atom stereocenters. The molecular formula is C18H24N2O4. The molecule has 6 nitrogen and oxygen atoms in total. The Hall–Kier alpha value is -1.63. The Balaban J connectivity index is 1.79. The molecule has 0 radical (unpaired) electrons. The van der Waals surface area contributed by atoms with E-state index in [1.54, 1.807) is 7.11 Å². The van der Waals surface area contributed by atoms with E-state index in [2.05, 4.69) is 15.9 Å². The molecule has 4 rings (SSSR count). The highest BCUT2D eigenvalue weighted by Gasteiger charge is 2.55. The average Bonchev–Trinajstić information content (AvgIpc) is 2.79. The van der Waals surface area contributed by atoms with E-state index in [0.29, 0.717) is 6.42 Å². The first kappa shape index (κ1) is 15.9. The maximum atomic E-state index is 11.7. The van der Waals surface area contributed by atoms with Crippen LogP contribution in [-0.2, 0) is 11.2 Å². The molecule has 0 spiro atoms. The number of carbonyl (C=O) groups is 1. The minimum Gasteiger partial charge on any atom is -0.496 e. The summed E-state index contributed by atoms with van der Waals surface area (Å²) in [5.74, 6) is -0.222. The average molecular weight is 332 g/mol. The molecule has 0 aliphatic carbocycles. The molecule has 5 atom stereocenters. The molecule has 130 valence electrons. The number of aliphatic hydroxyl groups excluding tert-OH is 1. The number of carboxylic acids is 1. The normalized spacial score (nSPS) is 35.4. The van der Waals surface area contributed by atoms with Crippen molar-refractivity contribution in [2.24, 2.45) is 5.92 Å². The van der Waals surface area contributed by atoms with Crippen LogP contribution in [0, 0.1) is 5.92 Å². The molecular weight excluding hydrogens is 308 g/mol. The number of benzene rings is 1. The van der Waals surface area contributed by atoms with Crippen LogP contribution >= 0.6 is 0 Å². The molecule has 6 heteroatoms. The minimum atomic E-state index is -0.701. The van der Waals surface area contributed by atoms with Gasteiger partial charge in [-0.25, -0.2) is 0 Å². The highest BCUT2D eigenvalue weighted by atomic mass is 16.5. The second-order valence-corrected chi connectivity index (χ2v) is 7.19. The molecule has 2 bridgehead atoms. The summed E-state index contributed by atoms with van der Waals surface area (Å²) in [6, 6.07) is 6.21. The van der Waals surface area contributed by atoms with E-state index < -0.39 is 5.97 Å². The van der Waals surface area contributed by atoms with E-state index in [-0.39, 0.29) is 36.7 Å². The Morgan fingerprint density at radius 1 is 1.42 bits per heavy atom. The zero-order valence-electron chi connectivity index (χ0n) is 14.1. The van der Waals surface area contributed by atoms with E-state index in [1.165, 1.54) is 0 Å². The third-order valence-corrected chi connectivity index (χ3v) is 6.26. The zero-order valence-corrected chi connectivity index (χ0v) is 14.1. The Morgan fingerprint density at radius 2 is 2.21 bits per heavy atom. The van der Waals surface area contributed by atoms with Crippen molar-refractivity contribution in [3.8, 4) is 5.75 Å². The Bertz CT molecular complexity index is 664. The standard InChI is InChI=1S/C18H24N2O4/c1-19-11-7-12(18(22)23)17(19)13-6-10-4-3-5-15(24-2)16(10)14(9-21)20(13)8-11/h3-5,11-14,17,21H,6-9H2,1-2H3,(H,22,23). The number of aliphatic carboxylic acids is 1. The van der Waals surface area contributed by atoms with E-state index in [9.17, 15) is 15.0 Å². The predicted molar refractivity (Wildman–Crippen MR) is 88.1 cm³/mol. The van der Waals surface area contributed by atoms with Crippen LogP contribution < -0.4 is 4.74 Å². The molecule has 0 amide bonds. The molecule has 3 aliphatic heterocycles. The third kappa shape index (κ3) is 2.10. The number of hydrogen-bond acceptors (Lipinski definition) is 5. The lowest BCUT2D eigenvalue weighted by Gasteiger charge is -2.52. The number of fused-ring (bicyclic) bond motifs is 5. The Labute approximate surface area is 141 Å². The van der Waals surface area contributed by atoms with Gasteiger partial charge >= 0.3 is 5.97 Å². The topological polar surface area (TPSA) is 73.2 Å². The van der Waals surface area contributed by atoms with Gasteiger partial charge in [0.2, 0.25) is 0 Å². The number of piperazine rings is 1. The fourth-order valence-corrected chi connectivity index (χ4v) is 5.20. The number of nitrogens with zero attached hydrogens (tertiary/aromatic N) is 2. The van der Waals surface area contributed by atoms with Crippen molar-refractivity contribution >= 4 is 5.97 Å². The van der Waals surface area contributed by atoms with Crippen molar-refractivity contribution in [3.05, 3.63) is 29.3 Å². The Kier molecular flexibility index (Phi) is 3.78. The van der Waals surface area contributed by atoms with Crippen molar-refractivity contribution in [2.45, 2.75) is 37.0 Å². The van der Waals surface area contributed by atoms with Gasteiger partial charge in [-0.15, -0.1) is 0 Å².